The Hall–Kier alpha value is -1.28. The molecule has 0 aliphatic carbocycles. The third-order valence-electron chi connectivity index (χ3n) is 2.08. The molecule has 1 rings (SSSR count). The Morgan fingerprint density at radius 2 is 2.05 bits per heavy atom. The minimum absolute atomic E-state index is 0.0487. The first-order valence-electron chi connectivity index (χ1n) is 4.93. The van der Waals surface area contributed by atoms with Crippen LogP contribution in [0, 0.1) is 6.92 Å². The van der Waals surface area contributed by atoms with Crippen molar-refractivity contribution in [2.24, 2.45) is 0 Å². The van der Waals surface area contributed by atoms with Crippen LogP contribution in [0.1, 0.15) is 15.2 Å². The molecule has 0 atom stereocenters. The molecule has 0 aliphatic rings. The summed E-state index contributed by atoms with van der Waals surface area (Å²) >= 11 is 6.67. The van der Waals surface area contributed by atoms with Crippen LogP contribution in [0.3, 0.4) is 0 Å². The van der Waals surface area contributed by atoms with Crippen molar-refractivity contribution in [2.75, 3.05) is 13.1 Å². The van der Waals surface area contributed by atoms with E-state index >= 15 is 0 Å². The van der Waals surface area contributed by atoms with Gasteiger partial charge in [0.15, 0.2) is 0 Å². The van der Waals surface area contributed by atoms with Gasteiger partial charge in [-0.2, -0.15) is 13.2 Å². The molecule has 0 aromatic carbocycles. The summed E-state index contributed by atoms with van der Waals surface area (Å²) in [5, 5.41) is 10.1. The van der Waals surface area contributed by atoms with E-state index in [1.807, 2.05) is 0 Å². The molecule has 19 heavy (non-hydrogen) atoms. The smallest absolute Gasteiger partial charge is 0.406 e. The number of hydrogen-bond acceptors (Lipinski definition) is 3. The first kappa shape index (κ1) is 15.8. The van der Waals surface area contributed by atoms with E-state index in [-0.39, 0.29) is 14.8 Å². The van der Waals surface area contributed by atoms with E-state index in [2.05, 4.69) is 0 Å². The number of amides is 1. The number of nitrogens with zero attached hydrogens (tertiary/aromatic N) is 1. The molecule has 0 saturated heterocycles. The summed E-state index contributed by atoms with van der Waals surface area (Å²) in [5.74, 6) is -2.56. The van der Waals surface area contributed by atoms with E-state index in [0.29, 0.717) is 5.56 Å². The normalized spacial score (nSPS) is 11.4. The molecular formula is C10H9ClF3NO3S. The van der Waals surface area contributed by atoms with Gasteiger partial charge in [-0.3, -0.25) is 9.59 Å². The minimum atomic E-state index is -4.68. The van der Waals surface area contributed by atoms with Gasteiger partial charge in [-0.15, -0.1) is 11.3 Å². The number of carboxylic acid groups (broad SMARTS) is 1. The van der Waals surface area contributed by atoms with Crippen LogP contribution in [-0.2, 0) is 4.79 Å². The van der Waals surface area contributed by atoms with Gasteiger partial charge in [0.1, 0.15) is 18.0 Å². The minimum Gasteiger partial charge on any atom is -0.480 e. The van der Waals surface area contributed by atoms with Crippen LogP contribution < -0.4 is 0 Å². The summed E-state index contributed by atoms with van der Waals surface area (Å²) in [6.45, 7) is -1.07. The Labute approximate surface area is 115 Å². The molecular weight excluding hydrogens is 307 g/mol. The maximum absolute atomic E-state index is 12.3. The lowest BCUT2D eigenvalue weighted by atomic mass is 10.3. The van der Waals surface area contributed by atoms with Crippen LogP contribution in [0.15, 0.2) is 5.38 Å². The van der Waals surface area contributed by atoms with Crippen LogP contribution in [0.5, 0.6) is 0 Å². The number of alkyl halides is 3. The SMILES string of the molecule is Cc1csc(C(=O)N(CC(=O)O)CC(F)(F)F)c1Cl. The molecule has 0 aliphatic heterocycles. The summed E-state index contributed by atoms with van der Waals surface area (Å²) < 4.78 is 37.0. The van der Waals surface area contributed by atoms with Crippen molar-refractivity contribution in [3.05, 3.63) is 20.8 Å². The standard InChI is InChI=1S/C10H9ClF3NO3S/c1-5-3-19-8(7(5)11)9(18)15(2-6(16)17)4-10(12,13)14/h3H,2,4H2,1H3,(H,16,17). The van der Waals surface area contributed by atoms with E-state index < -0.39 is 31.1 Å². The number of carbonyl (C=O) groups is 2. The number of aliphatic carboxylic acids is 1. The Morgan fingerprint density at radius 1 is 1.47 bits per heavy atom. The number of thiophene rings is 1. The first-order chi connectivity index (χ1) is 8.61. The first-order valence-corrected chi connectivity index (χ1v) is 6.19. The van der Waals surface area contributed by atoms with E-state index in [4.69, 9.17) is 16.7 Å². The van der Waals surface area contributed by atoms with Crippen LogP contribution in [-0.4, -0.2) is 41.1 Å². The Kier molecular flexibility index (Phi) is 4.81. The van der Waals surface area contributed by atoms with Crippen LogP contribution >= 0.6 is 22.9 Å². The fourth-order valence-electron chi connectivity index (χ4n) is 1.30. The third-order valence-corrected chi connectivity index (χ3v) is 3.76. The molecule has 0 unspecified atom stereocenters. The van der Waals surface area contributed by atoms with E-state index in [1.54, 1.807) is 6.92 Å². The topological polar surface area (TPSA) is 57.6 Å². The molecule has 0 spiro atoms. The van der Waals surface area contributed by atoms with Gasteiger partial charge in [-0.1, -0.05) is 11.6 Å². The molecule has 1 aromatic heterocycles. The van der Waals surface area contributed by atoms with Crippen molar-refractivity contribution in [2.45, 2.75) is 13.1 Å². The maximum Gasteiger partial charge on any atom is 0.406 e. The molecule has 0 fully saturated rings. The second-order valence-corrected chi connectivity index (χ2v) is 4.99. The molecule has 0 saturated carbocycles. The van der Waals surface area contributed by atoms with Crippen molar-refractivity contribution < 1.29 is 27.9 Å². The summed E-state index contributed by atoms with van der Waals surface area (Å²) in [5.41, 5.74) is 0.553. The van der Waals surface area contributed by atoms with Gasteiger partial charge in [0.25, 0.3) is 5.91 Å². The predicted octanol–water partition coefficient (Wildman–Crippen LogP) is 2.80. The number of carboxylic acids is 1. The maximum atomic E-state index is 12.3. The number of rotatable bonds is 4. The van der Waals surface area contributed by atoms with Gasteiger partial charge in [0, 0.05) is 0 Å². The van der Waals surface area contributed by atoms with Gasteiger partial charge in [-0.25, -0.2) is 0 Å². The molecule has 0 radical (unpaired) electrons. The lowest BCUT2D eigenvalue weighted by Gasteiger charge is -2.21. The number of carbonyl (C=O) groups excluding carboxylic acids is 1. The summed E-state index contributed by atoms with van der Waals surface area (Å²) in [6.07, 6.45) is -4.68. The Bertz CT molecular complexity index is 501. The van der Waals surface area contributed by atoms with Gasteiger partial charge in [-0.05, 0) is 17.9 Å². The average Bonchev–Trinajstić information content (AvgIpc) is 2.55. The second kappa shape index (κ2) is 5.79. The number of aryl methyl sites for hydroxylation is 1. The highest BCUT2D eigenvalue weighted by Gasteiger charge is 2.35. The van der Waals surface area contributed by atoms with Crippen molar-refractivity contribution in [1.82, 2.24) is 4.90 Å². The highest BCUT2D eigenvalue weighted by molar-refractivity contribution is 7.13. The van der Waals surface area contributed by atoms with Gasteiger partial charge < -0.3 is 10.0 Å². The molecule has 1 heterocycles. The zero-order chi connectivity index (χ0) is 14.8. The molecule has 1 amide bonds. The fraction of sp³-hybridized carbons (Fsp3) is 0.400. The largest absolute Gasteiger partial charge is 0.480 e. The molecule has 9 heteroatoms. The van der Waals surface area contributed by atoms with Gasteiger partial charge in [0.2, 0.25) is 0 Å². The van der Waals surface area contributed by atoms with E-state index in [9.17, 15) is 22.8 Å². The lowest BCUT2D eigenvalue weighted by Crippen LogP contribution is -2.41. The number of halogens is 4. The van der Waals surface area contributed by atoms with Gasteiger partial charge >= 0.3 is 12.1 Å². The van der Waals surface area contributed by atoms with Crippen molar-refractivity contribution in [1.29, 1.82) is 0 Å². The second-order valence-electron chi connectivity index (χ2n) is 3.73. The number of hydrogen-bond donors (Lipinski definition) is 1. The van der Waals surface area contributed by atoms with Crippen LogP contribution in [0.4, 0.5) is 13.2 Å². The summed E-state index contributed by atoms with van der Waals surface area (Å²) in [6, 6.07) is 0. The highest BCUT2D eigenvalue weighted by Crippen LogP contribution is 2.29. The summed E-state index contributed by atoms with van der Waals surface area (Å²) in [7, 11) is 0. The van der Waals surface area contributed by atoms with E-state index in [0.717, 1.165) is 11.3 Å². The average molecular weight is 316 g/mol. The van der Waals surface area contributed by atoms with Crippen LogP contribution in [0.25, 0.3) is 0 Å². The quantitative estimate of drug-likeness (QED) is 0.929. The molecule has 0 bridgehead atoms. The van der Waals surface area contributed by atoms with Crippen LogP contribution in [0.2, 0.25) is 5.02 Å². The highest BCUT2D eigenvalue weighted by atomic mass is 35.5. The predicted molar refractivity (Wildman–Crippen MR) is 63.7 cm³/mol. The zero-order valence-electron chi connectivity index (χ0n) is 9.62. The van der Waals surface area contributed by atoms with Crippen molar-refractivity contribution in [3.63, 3.8) is 0 Å². The van der Waals surface area contributed by atoms with Crippen molar-refractivity contribution >= 4 is 34.8 Å². The molecule has 1 aromatic rings. The molecule has 4 nitrogen and oxygen atoms in total. The fourth-order valence-corrected chi connectivity index (χ4v) is 2.54. The monoisotopic (exact) mass is 315 g/mol. The third kappa shape index (κ3) is 4.39. The van der Waals surface area contributed by atoms with E-state index in [1.165, 1.54) is 5.38 Å². The summed E-state index contributed by atoms with van der Waals surface area (Å²) in [4.78, 5) is 22.5. The zero-order valence-corrected chi connectivity index (χ0v) is 11.2. The Morgan fingerprint density at radius 3 is 2.42 bits per heavy atom. The molecule has 1 N–H and O–H groups in total. The van der Waals surface area contributed by atoms with Crippen molar-refractivity contribution in [3.8, 4) is 0 Å². The molecule has 106 valence electrons. The Balaban J connectivity index is 3.00. The van der Waals surface area contributed by atoms with Gasteiger partial charge in [0.05, 0.1) is 5.02 Å². The lowest BCUT2D eigenvalue weighted by molar-refractivity contribution is -0.149.